The Hall–Kier alpha value is -8.42. The zero-order valence-electron chi connectivity index (χ0n) is 33.4. The normalized spacial score (nSPS) is 12.0. The Morgan fingerprint density at radius 1 is 0.270 bits per heavy atom. The van der Waals surface area contributed by atoms with Gasteiger partial charge in [-0.3, -0.25) is 0 Å². The summed E-state index contributed by atoms with van der Waals surface area (Å²) in [6.07, 6.45) is 0. The van der Waals surface area contributed by atoms with Crippen molar-refractivity contribution in [2.45, 2.75) is 0 Å². The monoisotopic (exact) mass is 818 g/mol. The summed E-state index contributed by atoms with van der Waals surface area (Å²) < 4.78 is 49.7. The molecule has 0 amide bonds. The van der Waals surface area contributed by atoms with Gasteiger partial charge >= 0.3 is 0 Å². The summed E-state index contributed by atoms with van der Waals surface area (Å²) in [6.45, 7) is 0. The van der Waals surface area contributed by atoms with Crippen LogP contribution < -0.4 is 9.80 Å². The fourth-order valence-electron chi connectivity index (χ4n) is 9.56. The highest BCUT2D eigenvalue weighted by molar-refractivity contribution is 6.26. The van der Waals surface area contributed by atoms with E-state index in [0.29, 0.717) is 11.2 Å². The molecule has 0 saturated carbocycles. The second-order valence-electron chi connectivity index (χ2n) is 15.9. The molecule has 13 rings (SSSR count). The number of rotatable bonds is 6. The maximum Gasteiger partial charge on any atom is 0.159 e. The Labute approximate surface area is 357 Å². The largest absolute Gasteiger partial charge is 0.455 e. The lowest BCUT2D eigenvalue weighted by atomic mass is 9.99. The summed E-state index contributed by atoms with van der Waals surface area (Å²) in [5.74, 6) is -0.657. The van der Waals surface area contributed by atoms with E-state index in [4.69, 9.17) is 13.3 Å². The van der Waals surface area contributed by atoms with Gasteiger partial charge in [-0.25, -0.2) is 8.78 Å². The molecule has 0 saturated heterocycles. The molecule has 13 aromatic rings. The van der Waals surface area contributed by atoms with Crippen LogP contribution in [0.5, 0.6) is 0 Å². The highest BCUT2D eigenvalue weighted by atomic mass is 19.1. The molecule has 0 N–H and O–H groups in total. The van der Waals surface area contributed by atoms with E-state index >= 15 is 0 Å². The van der Waals surface area contributed by atoms with Crippen LogP contribution in [-0.2, 0) is 0 Å². The molecule has 3 aromatic heterocycles. The van der Waals surface area contributed by atoms with E-state index in [1.807, 2.05) is 84.9 Å². The maximum atomic E-state index is 14.7. The second kappa shape index (κ2) is 13.5. The summed E-state index contributed by atoms with van der Waals surface area (Å²) in [6, 6.07) is 62.3. The number of anilines is 6. The summed E-state index contributed by atoms with van der Waals surface area (Å²) in [4.78, 5) is 4.31. The van der Waals surface area contributed by atoms with Gasteiger partial charge in [-0.15, -0.1) is 0 Å². The topological polar surface area (TPSA) is 45.9 Å². The number of para-hydroxylation sites is 4. The first-order chi connectivity index (χ1) is 31.1. The van der Waals surface area contributed by atoms with Gasteiger partial charge in [-0.2, -0.15) is 0 Å². The molecule has 0 aliphatic rings. The lowest BCUT2D eigenvalue weighted by molar-refractivity contribution is 0.627. The SMILES string of the molecule is Fc1ccc(N(c2cc3c4cc(N(c5ccc(F)cc5)c5cccc6c5oc5ccccc56)c5ccccc5c4oc3c3ccccc23)c2cccc3c2oc2ccccc23)cc1. The van der Waals surface area contributed by atoms with E-state index in [2.05, 4.69) is 70.5 Å². The predicted molar refractivity (Wildman–Crippen MR) is 253 cm³/mol. The molecule has 0 bridgehead atoms. The molecule has 0 radical (unpaired) electrons. The minimum atomic E-state index is -0.328. The summed E-state index contributed by atoms with van der Waals surface area (Å²) >= 11 is 0. The highest BCUT2D eigenvalue weighted by Gasteiger charge is 2.27. The van der Waals surface area contributed by atoms with E-state index in [9.17, 15) is 8.78 Å². The quantitative estimate of drug-likeness (QED) is 0.167. The average Bonchev–Trinajstić information content (AvgIpc) is 4.03. The first kappa shape index (κ1) is 35.3. The number of fused-ring (bicyclic) bond motifs is 13. The van der Waals surface area contributed by atoms with Crippen LogP contribution in [0.15, 0.2) is 207 Å². The Morgan fingerprint density at radius 2 is 0.619 bits per heavy atom. The molecule has 3 heterocycles. The molecule has 0 aliphatic heterocycles. The van der Waals surface area contributed by atoms with Crippen LogP contribution in [0.1, 0.15) is 0 Å². The van der Waals surface area contributed by atoms with Gasteiger partial charge in [0.15, 0.2) is 11.2 Å². The zero-order chi connectivity index (χ0) is 41.8. The Kier molecular flexibility index (Phi) is 7.60. The first-order valence-electron chi connectivity index (χ1n) is 20.8. The molecular weight excluding hydrogens is 787 g/mol. The van der Waals surface area contributed by atoms with Crippen LogP contribution in [0.25, 0.3) is 87.4 Å². The number of benzene rings is 10. The average molecular weight is 819 g/mol. The van der Waals surface area contributed by atoms with Gasteiger partial charge in [0, 0.05) is 65.2 Å². The molecule has 7 heteroatoms. The van der Waals surface area contributed by atoms with Crippen LogP contribution in [0.4, 0.5) is 42.9 Å². The van der Waals surface area contributed by atoms with Crippen molar-refractivity contribution in [3.05, 3.63) is 206 Å². The molecule has 0 aliphatic carbocycles. The molecule has 5 nitrogen and oxygen atoms in total. The fraction of sp³-hybridized carbons (Fsp3) is 0. The van der Waals surface area contributed by atoms with Crippen molar-refractivity contribution in [2.24, 2.45) is 0 Å². The predicted octanol–water partition coefficient (Wildman–Crippen LogP) is 16.9. The van der Waals surface area contributed by atoms with Gasteiger partial charge in [0.1, 0.15) is 34.0 Å². The lowest BCUT2D eigenvalue weighted by Crippen LogP contribution is -2.11. The van der Waals surface area contributed by atoms with E-state index in [0.717, 1.165) is 110 Å². The number of nitrogens with zero attached hydrogens (tertiary/aromatic N) is 2. The standard InChI is InChI=1S/C56H32F2N2O3/c57-33-23-27-35(28-24-33)59(47-19-9-17-43-39-13-5-7-21-51(39)61-55(43)47)49-31-45-46-32-50(38-12-2-4-16-42(38)54(46)63-53(45)41-15-3-1-11-37(41)49)60(36-29-25-34(58)26-30-36)48-20-10-18-44-40-14-6-8-22-52(40)62-56(44)48/h1-32H. The van der Waals surface area contributed by atoms with Gasteiger partial charge < -0.3 is 23.1 Å². The molecule has 298 valence electrons. The van der Waals surface area contributed by atoms with Gasteiger partial charge in [0.25, 0.3) is 0 Å². The van der Waals surface area contributed by atoms with E-state index in [1.54, 1.807) is 24.3 Å². The number of hydrogen-bond donors (Lipinski definition) is 0. The van der Waals surface area contributed by atoms with Crippen molar-refractivity contribution in [1.29, 1.82) is 0 Å². The molecule has 10 aromatic carbocycles. The van der Waals surface area contributed by atoms with Gasteiger partial charge in [0.2, 0.25) is 0 Å². The van der Waals surface area contributed by atoms with Crippen molar-refractivity contribution in [1.82, 2.24) is 0 Å². The van der Waals surface area contributed by atoms with Crippen molar-refractivity contribution in [2.75, 3.05) is 9.80 Å². The highest BCUT2D eigenvalue weighted by Crippen LogP contribution is 2.51. The third-order valence-electron chi connectivity index (χ3n) is 12.3. The second-order valence-corrected chi connectivity index (χ2v) is 15.9. The lowest BCUT2D eigenvalue weighted by Gasteiger charge is -2.27. The zero-order valence-corrected chi connectivity index (χ0v) is 33.4. The van der Waals surface area contributed by atoms with Crippen LogP contribution >= 0.6 is 0 Å². The smallest absolute Gasteiger partial charge is 0.159 e. The number of hydrogen-bond acceptors (Lipinski definition) is 5. The van der Waals surface area contributed by atoms with Crippen molar-refractivity contribution >= 4 is 121 Å². The van der Waals surface area contributed by atoms with E-state index < -0.39 is 0 Å². The molecule has 0 fully saturated rings. The van der Waals surface area contributed by atoms with Crippen molar-refractivity contribution in [3.63, 3.8) is 0 Å². The third-order valence-corrected chi connectivity index (χ3v) is 12.3. The fourth-order valence-corrected chi connectivity index (χ4v) is 9.56. The van der Waals surface area contributed by atoms with Crippen LogP contribution in [-0.4, -0.2) is 0 Å². The molecule has 0 atom stereocenters. The molecular formula is C56H32F2N2O3. The summed E-state index contributed by atoms with van der Waals surface area (Å²) in [5.41, 5.74) is 9.31. The van der Waals surface area contributed by atoms with Gasteiger partial charge in [0.05, 0.1) is 22.7 Å². The third kappa shape index (κ3) is 5.33. The van der Waals surface area contributed by atoms with Crippen LogP contribution in [0.2, 0.25) is 0 Å². The number of halogens is 2. The van der Waals surface area contributed by atoms with Gasteiger partial charge in [-0.05, 0) is 84.9 Å². The minimum absolute atomic E-state index is 0.328. The number of furan rings is 3. The van der Waals surface area contributed by atoms with Crippen LogP contribution in [0, 0.1) is 11.6 Å². The summed E-state index contributed by atoms with van der Waals surface area (Å²) in [7, 11) is 0. The Morgan fingerprint density at radius 3 is 1.05 bits per heavy atom. The van der Waals surface area contributed by atoms with Crippen molar-refractivity contribution < 1.29 is 22.0 Å². The van der Waals surface area contributed by atoms with Crippen LogP contribution in [0.3, 0.4) is 0 Å². The van der Waals surface area contributed by atoms with Crippen molar-refractivity contribution in [3.8, 4) is 0 Å². The Balaban J connectivity index is 1.14. The Bertz CT molecular complexity index is 3700. The minimum Gasteiger partial charge on any atom is -0.455 e. The van der Waals surface area contributed by atoms with Gasteiger partial charge in [-0.1, -0.05) is 109 Å². The summed E-state index contributed by atoms with van der Waals surface area (Å²) in [5, 5.41) is 9.46. The molecule has 0 unspecified atom stereocenters. The first-order valence-corrected chi connectivity index (χ1v) is 20.8. The maximum absolute atomic E-state index is 14.7. The molecule has 63 heavy (non-hydrogen) atoms. The van der Waals surface area contributed by atoms with E-state index in [-0.39, 0.29) is 11.6 Å². The van der Waals surface area contributed by atoms with E-state index in [1.165, 1.54) is 24.3 Å². The molecule has 0 spiro atoms.